The lowest BCUT2D eigenvalue weighted by Gasteiger charge is -2.55. The molecular formula is C33H44N6O6. The molecule has 0 spiro atoms. The van der Waals surface area contributed by atoms with Gasteiger partial charge in [-0.25, -0.2) is 19.6 Å². The molecule has 12 nitrogen and oxygen atoms in total. The molecule has 0 bridgehead atoms. The number of hydrazine groups is 1. The molecule has 2 atom stereocenters. The van der Waals surface area contributed by atoms with E-state index < -0.39 is 18.3 Å². The third kappa shape index (κ3) is 9.05. The summed E-state index contributed by atoms with van der Waals surface area (Å²) in [6.45, 7) is 9.67. The van der Waals surface area contributed by atoms with Crippen LogP contribution in [0.5, 0.6) is 0 Å². The number of hydrogen-bond donors (Lipinski definition) is 2. The van der Waals surface area contributed by atoms with E-state index in [-0.39, 0.29) is 44.1 Å². The van der Waals surface area contributed by atoms with Crippen molar-refractivity contribution < 1.29 is 28.7 Å². The fraction of sp³-hybridized carbons (Fsp3) is 0.455. The van der Waals surface area contributed by atoms with Crippen LogP contribution in [-0.4, -0.2) is 102 Å². The first-order valence-electron chi connectivity index (χ1n) is 15.4. The van der Waals surface area contributed by atoms with Crippen molar-refractivity contribution in [1.29, 1.82) is 0 Å². The molecule has 0 aliphatic carbocycles. The van der Waals surface area contributed by atoms with E-state index in [2.05, 4.69) is 17.2 Å². The predicted molar refractivity (Wildman–Crippen MR) is 168 cm³/mol. The topological polar surface area (TPSA) is 124 Å². The Labute approximate surface area is 264 Å². The SMILES string of the molecule is C=CCOC(=O)NCCC[C@H]1C(=O)N(CCOCc2ccc(C)cc2)C[C@H]2N1C(=O)CN(CC)N2C(=O)NCc1ccccc1. The molecule has 12 heteroatoms. The van der Waals surface area contributed by atoms with E-state index in [1.54, 1.807) is 19.8 Å². The maximum absolute atomic E-state index is 13.9. The average molecular weight is 621 g/mol. The van der Waals surface area contributed by atoms with Crippen LogP contribution in [-0.2, 0) is 32.2 Å². The Balaban J connectivity index is 1.48. The van der Waals surface area contributed by atoms with Gasteiger partial charge in [-0.2, -0.15) is 0 Å². The van der Waals surface area contributed by atoms with Crippen LogP contribution in [0.15, 0.2) is 67.3 Å². The lowest BCUT2D eigenvalue weighted by Crippen LogP contribution is -2.76. The molecule has 2 aromatic rings. The van der Waals surface area contributed by atoms with Crippen molar-refractivity contribution in [2.45, 2.75) is 52.0 Å². The molecule has 0 unspecified atom stereocenters. The monoisotopic (exact) mass is 620 g/mol. The number of fused-ring (bicyclic) bond motifs is 1. The zero-order chi connectivity index (χ0) is 32.2. The third-order valence-corrected chi connectivity index (χ3v) is 7.84. The maximum Gasteiger partial charge on any atom is 0.407 e. The van der Waals surface area contributed by atoms with E-state index >= 15 is 0 Å². The van der Waals surface area contributed by atoms with Gasteiger partial charge < -0.3 is 29.9 Å². The van der Waals surface area contributed by atoms with E-state index in [4.69, 9.17) is 9.47 Å². The van der Waals surface area contributed by atoms with Gasteiger partial charge in [-0.3, -0.25) is 9.59 Å². The fourth-order valence-electron chi connectivity index (χ4n) is 5.52. The van der Waals surface area contributed by atoms with Crippen LogP contribution in [0.2, 0.25) is 0 Å². The highest BCUT2D eigenvalue weighted by molar-refractivity contribution is 5.91. The Hall–Kier alpha value is -4.42. The van der Waals surface area contributed by atoms with E-state index in [0.29, 0.717) is 45.7 Å². The molecule has 2 aliphatic heterocycles. The number of rotatable bonds is 14. The molecular weight excluding hydrogens is 576 g/mol. The van der Waals surface area contributed by atoms with Gasteiger partial charge in [0.25, 0.3) is 0 Å². The Morgan fingerprint density at radius 1 is 1.04 bits per heavy atom. The second-order valence-corrected chi connectivity index (χ2v) is 11.0. The normalized spacial score (nSPS) is 18.4. The third-order valence-electron chi connectivity index (χ3n) is 7.84. The minimum absolute atomic E-state index is 0.0265. The Bertz CT molecular complexity index is 1310. The van der Waals surface area contributed by atoms with Crippen molar-refractivity contribution in [3.05, 3.63) is 83.9 Å². The number of alkyl carbamates (subject to hydrolysis) is 1. The highest BCUT2D eigenvalue weighted by Gasteiger charge is 2.50. The molecule has 2 heterocycles. The second-order valence-electron chi connectivity index (χ2n) is 11.0. The van der Waals surface area contributed by atoms with Gasteiger partial charge in [-0.05, 0) is 30.9 Å². The summed E-state index contributed by atoms with van der Waals surface area (Å²) in [7, 11) is 0. The first-order chi connectivity index (χ1) is 21.8. The van der Waals surface area contributed by atoms with Gasteiger partial charge in [0.05, 0.1) is 26.3 Å². The fourth-order valence-corrected chi connectivity index (χ4v) is 5.52. The highest BCUT2D eigenvalue weighted by Crippen LogP contribution is 2.28. The number of ether oxygens (including phenoxy) is 2. The molecule has 0 radical (unpaired) electrons. The molecule has 2 N–H and O–H groups in total. The minimum atomic E-state index is -0.803. The van der Waals surface area contributed by atoms with Crippen molar-refractivity contribution >= 4 is 23.9 Å². The van der Waals surface area contributed by atoms with Gasteiger partial charge in [0.1, 0.15) is 18.8 Å². The number of carbonyl (C=O) groups is 4. The van der Waals surface area contributed by atoms with Crippen molar-refractivity contribution in [2.24, 2.45) is 0 Å². The van der Waals surface area contributed by atoms with Gasteiger partial charge >= 0.3 is 12.1 Å². The summed E-state index contributed by atoms with van der Waals surface area (Å²) < 4.78 is 10.9. The maximum atomic E-state index is 13.9. The molecule has 4 rings (SSSR count). The lowest BCUT2D eigenvalue weighted by atomic mass is 10.0. The number of hydrogen-bond acceptors (Lipinski definition) is 7. The molecule has 2 fully saturated rings. The van der Waals surface area contributed by atoms with E-state index in [1.165, 1.54) is 6.08 Å². The van der Waals surface area contributed by atoms with Crippen LogP contribution < -0.4 is 10.6 Å². The van der Waals surface area contributed by atoms with Crippen LogP contribution in [0.25, 0.3) is 0 Å². The zero-order valence-corrected chi connectivity index (χ0v) is 26.2. The van der Waals surface area contributed by atoms with Crippen LogP contribution >= 0.6 is 0 Å². The molecule has 242 valence electrons. The van der Waals surface area contributed by atoms with E-state index in [0.717, 1.165) is 16.7 Å². The number of nitrogens with zero attached hydrogens (tertiary/aromatic N) is 4. The largest absolute Gasteiger partial charge is 0.445 e. The Morgan fingerprint density at radius 2 is 1.80 bits per heavy atom. The summed E-state index contributed by atoms with van der Waals surface area (Å²) in [5.74, 6) is -0.428. The van der Waals surface area contributed by atoms with Gasteiger partial charge in [-0.1, -0.05) is 79.7 Å². The quantitative estimate of drug-likeness (QED) is 0.246. The summed E-state index contributed by atoms with van der Waals surface area (Å²) in [4.78, 5) is 56.2. The molecule has 0 aromatic heterocycles. The minimum Gasteiger partial charge on any atom is -0.445 e. The molecule has 45 heavy (non-hydrogen) atoms. The molecule has 2 aliphatic rings. The zero-order valence-electron chi connectivity index (χ0n) is 26.2. The summed E-state index contributed by atoms with van der Waals surface area (Å²) in [6.07, 6.45) is 0.917. The summed E-state index contributed by atoms with van der Waals surface area (Å²) in [5.41, 5.74) is 3.14. The highest BCUT2D eigenvalue weighted by atomic mass is 16.5. The standard InChI is InChI=1S/C33H44N6O6/c1-4-19-45-33(43)34-17-9-12-28-31(41)36(18-20-44-24-27-15-13-25(3)14-16-27)22-29-38(28)30(40)23-37(5-2)39(29)32(42)35-21-26-10-7-6-8-11-26/h4,6-8,10-11,13-16,28-29H,1,5,9,12,17-24H2,2-3H3,(H,34,43)(H,35,42)/t28-,29-/m0/s1. The van der Waals surface area contributed by atoms with Crippen LogP contribution in [0.4, 0.5) is 9.59 Å². The number of aryl methyl sites for hydroxylation is 1. The van der Waals surface area contributed by atoms with Crippen molar-refractivity contribution in [1.82, 2.24) is 30.5 Å². The molecule has 2 aromatic carbocycles. The summed E-state index contributed by atoms with van der Waals surface area (Å²) in [5, 5.41) is 8.95. The van der Waals surface area contributed by atoms with Crippen LogP contribution in [0.3, 0.4) is 0 Å². The molecule has 5 amide bonds. The number of nitrogens with one attached hydrogen (secondary N) is 2. The average Bonchev–Trinajstić information content (AvgIpc) is 3.05. The first kappa shape index (κ1) is 33.5. The van der Waals surface area contributed by atoms with Gasteiger partial charge in [0, 0.05) is 26.2 Å². The van der Waals surface area contributed by atoms with Gasteiger partial charge in [0.15, 0.2) is 0 Å². The van der Waals surface area contributed by atoms with Gasteiger partial charge in [-0.15, -0.1) is 0 Å². The number of piperazine rings is 1. The number of amides is 5. The lowest BCUT2D eigenvalue weighted by molar-refractivity contribution is -0.190. The van der Waals surface area contributed by atoms with E-state index in [9.17, 15) is 19.2 Å². The Morgan fingerprint density at radius 3 is 2.51 bits per heavy atom. The number of urea groups is 1. The number of benzene rings is 2. The van der Waals surface area contributed by atoms with Crippen LogP contribution in [0.1, 0.15) is 36.5 Å². The van der Waals surface area contributed by atoms with E-state index in [1.807, 2.05) is 68.4 Å². The predicted octanol–water partition coefficient (Wildman–Crippen LogP) is 3.03. The number of likely N-dealkylation sites (N-methyl/N-ethyl adjacent to an activating group) is 1. The van der Waals surface area contributed by atoms with Crippen LogP contribution in [0, 0.1) is 6.92 Å². The second kappa shape index (κ2) is 16.6. The Kier molecular flexibility index (Phi) is 12.3. The van der Waals surface area contributed by atoms with Gasteiger partial charge in [0.2, 0.25) is 11.8 Å². The summed E-state index contributed by atoms with van der Waals surface area (Å²) in [6, 6.07) is 16.5. The molecule has 0 saturated carbocycles. The van der Waals surface area contributed by atoms with Crippen molar-refractivity contribution in [3.8, 4) is 0 Å². The summed E-state index contributed by atoms with van der Waals surface area (Å²) >= 11 is 0. The smallest absolute Gasteiger partial charge is 0.407 e. The first-order valence-corrected chi connectivity index (χ1v) is 15.4. The van der Waals surface area contributed by atoms with Crippen molar-refractivity contribution in [3.63, 3.8) is 0 Å². The van der Waals surface area contributed by atoms with Crippen molar-refractivity contribution in [2.75, 3.05) is 45.9 Å². The molecule has 2 saturated heterocycles. The number of carbonyl (C=O) groups excluding carboxylic acids is 4.